The smallest absolute Gasteiger partial charge is 0.257 e. The zero-order valence-electron chi connectivity index (χ0n) is 17.3. The van der Waals surface area contributed by atoms with Gasteiger partial charge in [-0.15, -0.1) is 0 Å². The normalized spacial score (nSPS) is 10.7. The molecule has 0 saturated carbocycles. The van der Waals surface area contributed by atoms with Crippen LogP contribution in [0, 0.1) is 0 Å². The number of ether oxygens (including phenoxy) is 1. The molecule has 2 N–H and O–H groups in total. The topological polar surface area (TPSA) is 50.4 Å². The van der Waals surface area contributed by atoms with Crippen molar-refractivity contribution in [3.8, 4) is 5.75 Å². The summed E-state index contributed by atoms with van der Waals surface area (Å²) in [5, 5.41) is 6.14. The number of halogens is 1. The van der Waals surface area contributed by atoms with E-state index in [-0.39, 0.29) is 11.0 Å². The van der Waals surface area contributed by atoms with Crippen LogP contribution in [-0.4, -0.2) is 17.6 Å². The molecule has 156 valence electrons. The van der Waals surface area contributed by atoms with Crippen molar-refractivity contribution < 1.29 is 9.53 Å². The predicted octanol–water partition coefficient (Wildman–Crippen LogP) is 6.66. The van der Waals surface area contributed by atoms with Gasteiger partial charge in [-0.2, -0.15) is 0 Å². The zero-order chi connectivity index (χ0) is 21.2. The number of carbonyl (C=O) groups is 1. The third kappa shape index (κ3) is 7.44. The van der Waals surface area contributed by atoms with Gasteiger partial charge < -0.3 is 10.1 Å². The first-order valence-electron chi connectivity index (χ1n) is 10.1. The zero-order valence-corrected chi connectivity index (χ0v) is 19.7. The monoisotopic (exact) mass is 476 g/mol. The number of carbonyl (C=O) groups excluding carboxylic acids is 1. The molecule has 0 aliphatic rings. The number of unbranched alkanes of at least 4 members (excludes halogenated alkanes) is 3. The summed E-state index contributed by atoms with van der Waals surface area (Å²) in [5.41, 5.74) is 2.56. The van der Waals surface area contributed by atoms with Crippen LogP contribution in [0.15, 0.2) is 46.9 Å². The van der Waals surface area contributed by atoms with E-state index in [1.165, 1.54) is 19.3 Å². The highest BCUT2D eigenvalue weighted by Crippen LogP contribution is 2.27. The van der Waals surface area contributed by atoms with Crippen LogP contribution in [0.4, 0.5) is 5.69 Å². The molecule has 1 amide bonds. The first-order valence-corrected chi connectivity index (χ1v) is 11.3. The maximum atomic E-state index is 12.6. The molecule has 0 fully saturated rings. The summed E-state index contributed by atoms with van der Waals surface area (Å²) in [7, 11) is 0. The van der Waals surface area contributed by atoms with Crippen molar-refractivity contribution in [1.29, 1.82) is 0 Å². The number of amides is 1. The van der Waals surface area contributed by atoms with E-state index in [0.717, 1.165) is 27.9 Å². The third-order valence-corrected chi connectivity index (χ3v) is 5.33. The Kier molecular flexibility index (Phi) is 9.61. The quantitative estimate of drug-likeness (QED) is 0.313. The molecule has 2 aromatic carbocycles. The van der Waals surface area contributed by atoms with Crippen LogP contribution in [0.1, 0.15) is 68.3 Å². The lowest BCUT2D eigenvalue weighted by Gasteiger charge is -2.15. The molecule has 2 rings (SSSR count). The summed E-state index contributed by atoms with van der Waals surface area (Å²) < 4.78 is 6.55. The van der Waals surface area contributed by atoms with Gasteiger partial charge in [0.05, 0.1) is 11.1 Å². The SMILES string of the molecule is CCCCCCOc1ccc(C(=O)NC(=S)Nc2ccccc2C(C)C)cc1Br. The van der Waals surface area contributed by atoms with Crippen LogP contribution in [0.3, 0.4) is 0 Å². The van der Waals surface area contributed by atoms with E-state index in [0.29, 0.717) is 18.1 Å². The Bertz CT molecular complexity index is 839. The van der Waals surface area contributed by atoms with Crippen molar-refractivity contribution in [2.75, 3.05) is 11.9 Å². The standard InChI is InChI=1S/C23H29BrN2O2S/c1-4-5-6-9-14-28-21-13-12-17(15-19(21)24)22(27)26-23(29)25-20-11-8-7-10-18(20)16(2)3/h7-8,10-13,15-16H,4-6,9,14H2,1-3H3,(H2,25,26,27,29). The minimum atomic E-state index is -0.264. The van der Waals surface area contributed by atoms with Crippen LogP contribution in [0.5, 0.6) is 5.75 Å². The van der Waals surface area contributed by atoms with Crippen LogP contribution < -0.4 is 15.4 Å². The number of hydrogen-bond acceptors (Lipinski definition) is 3. The molecular weight excluding hydrogens is 448 g/mol. The molecule has 0 bridgehead atoms. The van der Waals surface area contributed by atoms with E-state index in [1.807, 2.05) is 24.3 Å². The Balaban J connectivity index is 1.93. The van der Waals surface area contributed by atoms with E-state index in [4.69, 9.17) is 17.0 Å². The first-order chi connectivity index (χ1) is 13.9. The number of rotatable bonds is 9. The Morgan fingerprint density at radius 1 is 1.14 bits per heavy atom. The lowest BCUT2D eigenvalue weighted by molar-refractivity contribution is 0.0977. The van der Waals surface area contributed by atoms with Crippen LogP contribution in [-0.2, 0) is 0 Å². The molecule has 4 nitrogen and oxygen atoms in total. The van der Waals surface area contributed by atoms with E-state index in [2.05, 4.69) is 53.4 Å². The summed E-state index contributed by atoms with van der Waals surface area (Å²) >= 11 is 8.82. The number of hydrogen-bond donors (Lipinski definition) is 2. The third-order valence-electron chi connectivity index (χ3n) is 4.51. The number of thiocarbonyl (C=S) groups is 1. The van der Waals surface area contributed by atoms with Crippen molar-refractivity contribution in [1.82, 2.24) is 5.32 Å². The van der Waals surface area contributed by atoms with Crippen molar-refractivity contribution >= 4 is 44.9 Å². The van der Waals surface area contributed by atoms with Gasteiger partial charge in [0.25, 0.3) is 5.91 Å². The molecule has 6 heteroatoms. The first kappa shape index (κ1) is 23.4. The molecule has 29 heavy (non-hydrogen) atoms. The molecule has 0 aliphatic heterocycles. The highest BCUT2D eigenvalue weighted by atomic mass is 79.9. The highest BCUT2D eigenvalue weighted by molar-refractivity contribution is 9.10. The van der Waals surface area contributed by atoms with Crippen molar-refractivity contribution in [3.63, 3.8) is 0 Å². The largest absolute Gasteiger partial charge is 0.492 e. The Morgan fingerprint density at radius 2 is 1.90 bits per heavy atom. The van der Waals surface area contributed by atoms with E-state index in [9.17, 15) is 4.79 Å². The van der Waals surface area contributed by atoms with Gasteiger partial charge in [-0.25, -0.2) is 0 Å². The fraction of sp³-hybridized carbons (Fsp3) is 0.391. The van der Waals surface area contributed by atoms with Gasteiger partial charge in [0.2, 0.25) is 0 Å². The van der Waals surface area contributed by atoms with Gasteiger partial charge in [-0.05, 0) is 70.3 Å². The highest BCUT2D eigenvalue weighted by Gasteiger charge is 2.12. The fourth-order valence-corrected chi connectivity index (χ4v) is 3.61. The summed E-state index contributed by atoms with van der Waals surface area (Å²) in [6.07, 6.45) is 4.62. The molecule has 0 spiro atoms. The second-order valence-corrected chi connectivity index (χ2v) is 8.47. The minimum absolute atomic E-state index is 0.264. The number of para-hydroxylation sites is 1. The van der Waals surface area contributed by atoms with Crippen LogP contribution in [0.2, 0.25) is 0 Å². The maximum absolute atomic E-state index is 12.6. The van der Waals surface area contributed by atoms with Crippen molar-refractivity contribution in [2.45, 2.75) is 52.4 Å². The Hall–Kier alpha value is -1.92. The van der Waals surface area contributed by atoms with Gasteiger partial charge >= 0.3 is 0 Å². The molecule has 0 heterocycles. The number of anilines is 1. The molecule has 2 aromatic rings. The lowest BCUT2D eigenvalue weighted by atomic mass is 10.0. The number of nitrogens with one attached hydrogen (secondary N) is 2. The molecule has 0 radical (unpaired) electrons. The molecular formula is C23H29BrN2O2S. The number of benzene rings is 2. The fourth-order valence-electron chi connectivity index (χ4n) is 2.91. The van der Waals surface area contributed by atoms with Gasteiger partial charge in [-0.1, -0.05) is 58.2 Å². The summed E-state index contributed by atoms with van der Waals surface area (Å²) in [5.74, 6) is 0.826. The van der Waals surface area contributed by atoms with Gasteiger partial charge in [0.15, 0.2) is 5.11 Å². The summed E-state index contributed by atoms with van der Waals surface area (Å²) in [4.78, 5) is 12.6. The average Bonchev–Trinajstić information content (AvgIpc) is 2.69. The van der Waals surface area contributed by atoms with Crippen molar-refractivity contribution in [2.24, 2.45) is 0 Å². The second-order valence-electron chi connectivity index (χ2n) is 7.20. The molecule has 0 saturated heterocycles. The summed E-state index contributed by atoms with van der Waals surface area (Å²) in [6.45, 7) is 7.10. The van der Waals surface area contributed by atoms with Crippen molar-refractivity contribution in [3.05, 3.63) is 58.1 Å². The molecule has 0 aromatic heterocycles. The minimum Gasteiger partial charge on any atom is -0.492 e. The Labute approximate surface area is 187 Å². The van der Waals surface area contributed by atoms with E-state index in [1.54, 1.807) is 12.1 Å². The lowest BCUT2D eigenvalue weighted by Crippen LogP contribution is -2.34. The van der Waals surface area contributed by atoms with Gasteiger partial charge in [0, 0.05) is 11.3 Å². The van der Waals surface area contributed by atoms with Crippen LogP contribution in [0.25, 0.3) is 0 Å². The molecule has 0 aliphatic carbocycles. The van der Waals surface area contributed by atoms with E-state index >= 15 is 0 Å². The average molecular weight is 477 g/mol. The Morgan fingerprint density at radius 3 is 2.59 bits per heavy atom. The second kappa shape index (κ2) is 11.9. The predicted molar refractivity (Wildman–Crippen MR) is 128 cm³/mol. The summed E-state index contributed by atoms with van der Waals surface area (Å²) in [6, 6.07) is 13.2. The maximum Gasteiger partial charge on any atom is 0.257 e. The van der Waals surface area contributed by atoms with Gasteiger partial charge in [-0.3, -0.25) is 10.1 Å². The van der Waals surface area contributed by atoms with Crippen LogP contribution >= 0.6 is 28.1 Å². The van der Waals surface area contributed by atoms with E-state index < -0.39 is 0 Å². The molecule has 0 atom stereocenters. The molecule has 0 unspecified atom stereocenters. The van der Waals surface area contributed by atoms with Gasteiger partial charge in [0.1, 0.15) is 5.75 Å².